The summed E-state index contributed by atoms with van der Waals surface area (Å²) >= 11 is 5.34. The van der Waals surface area contributed by atoms with Crippen LogP contribution in [0.15, 0.2) is 10.5 Å². The van der Waals surface area contributed by atoms with Crippen LogP contribution in [0.3, 0.4) is 0 Å². The topological polar surface area (TPSA) is 21.3 Å². The van der Waals surface area contributed by atoms with Crippen molar-refractivity contribution in [2.75, 3.05) is 13.7 Å². The van der Waals surface area contributed by atoms with E-state index in [1.54, 1.807) is 7.11 Å². The fourth-order valence-corrected chi connectivity index (χ4v) is 2.74. The molecule has 1 rings (SSSR count). The summed E-state index contributed by atoms with van der Waals surface area (Å²) < 4.78 is 6.54. The van der Waals surface area contributed by atoms with Crippen molar-refractivity contribution < 1.29 is 4.74 Å². The second-order valence-electron chi connectivity index (χ2n) is 4.18. The molecule has 0 atom stereocenters. The highest BCUT2D eigenvalue weighted by molar-refractivity contribution is 9.10. The molecular formula is C11H18BrNOS. The molecule has 1 N–H and O–H groups in total. The third kappa shape index (κ3) is 4.23. The molecule has 0 aromatic carbocycles. The lowest BCUT2D eigenvalue weighted by Gasteiger charge is -2.22. The van der Waals surface area contributed by atoms with Gasteiger partial charge in [-0.1, -0.05) is 0 Å². The Balaban J connectivity index is 2.38. The van der Waals surface area contributed by atoms with Crippen molar-refractivity contribution in [2.24, 2.45) is 0 Å². The van der Waals surface area contributed by atoms with E-state index >= 15 is 0 Å². The zero-order valence-corrected chi connectivity index (χ0v) is 12.1. The van der Waals surface area contributed by atoms with Crippen LogP contribution in [-0.2, 0) is 11.3 Å². The van der Waals surface area contributed by atoms with Crippen LogP contribution in [0.4, 0.5) is 0 Å². The molecule has 0 saturated heterocycles. The number of ether oxygens (including phenoxy) is 1. The number of thiophene rings is 1. The van der Waals surface area contributed by atoms with Gasteiger partial charge in [0.1, 0.15) is 0 Å². The molecule has 0 aliphatic rings. The maximum atomic E-state index is 5.34. The fraction of sp³-hybridized carbons (Fsp3) is 0.636. The van der Waals surface area contributed by atoms with Crippen LogP contribution in [0.2, 0.25) is 0 Å². The van der Waals surface area contributed by atoms with E-state index in [9.17, 15) is 0 Å². The van der Waals surface area contributed by atoms with Crippen molar-refractivity contribution in [3.63, 3.8) is 0 Å². The Morgan fingerprint density at radius 2 is 2.20 bits per heavy atom. The fourth-order valence-electron chi connectivity index (χ4n) is 1.16. The second kappa shape index (κ2) is 5.43. The van der Waals surface area contributed by atoms with E-state index in [2.05, 4.69) is 48.1 Å². The molecule has 0 aliphatic heterocycles. The van der Waals surface area contributed by atoms with Gasteiger partial charge in [0, 0.05) is 34.4 Å². The Labute approximate surface area is 104 Å². The Morgan fingerprint density at radius 3 is 2.67 bits per heavy atom. The van der Waals surface area contributed by atoms with Gasteiger partial charge >= 0.3 is 0 Å². The number of nitrogens with one attached hydrogen (secondary N) is 1. The maximum absolute atomic E-state index is 5.34. The van der Waals surface area contributed by atoms with E-state index < -0.39 is 0 Å². The van der Waals surface area contributed by atoms with Gasteiger partial charge in [0.05, 0.1) is 5.60 Å². The number of hydrogen-bond acceptors (Lipinski definition) is 3. The molecule has 0 saturated carbocycles. The van der Waals surface area contributed by atoms with Crippen LogP contribution >= 0.6 is 27.3 Å². The van der Waals surface area contributed by atoms with Gasteiger partial charge in [-0.15, -0.1) is 11.3 Å². The Kier molecular flexibility index (Phi) is 4.77. The molecule has 0 bridgehead atoms. The van der Waals surface area contributed by atoms with Crippen molar-refractivity contribution in [2.45, 2.75) is 32.9 Å². The predicted octanol–water partition coefficient (Wildman–Crippen LogP) is 3.33. The van der Waals surface area contributed by atoms with E-state index in [1.807, 2.05) is 11.3 Å². The van der Waals surface area contributed by atoms with Crippen LogP contribution in [0.25, 0.3) is 0 Å². The van der Waals surface area contributed by atoms with Crippen LogP contribution < -0.4 is 5.32 Å². The molecule has 0 radical (unpaired) electrons. The minimum atomic E-state index is -0.0937. The Morgan fingerprint density at radius 1 is 1.53 bits per heavy atom. The van der Waals surface area contributed by atoms with Crippen molar-refractivity contribution in [3.8, 4) is 0 Å². The molecule has 0 unspecified atom stereocenters. The van der Waals surface area contributed by atoms with Crippen LogP contribution in [-0.4, -0.2) is 19.3 Å². The molecule has 86 valence electrons. The minimum Gasteiger partial charge on any atom is -0.377 e. The summed E-state index contributed by atoms with van der Waals surface area (Å²) in [6.07, 6.45) is 0. The predicted molar refractivity (Wildman–Crippen MR) is 69.6 cm³/mol. The highest BCUT2D eigenvalue weighted by Gasteiger charge is 2.15. The first kappa shape index (κ1) is 13.2. The quantitative estimate of drug-likeness (QED) is 0.898. The van der Waals surface area contributed by atoms with Gasteiger partial charge in [0.2, 0.25) is 0 Å². The molecule has 15 heavy (non-hydrogen) atoms. The van der Waals surface area contributed by atoms with Gasteiger partial charge in [-0.25, -0.2) is 0 Å². The summed E-state index contributed by atoms with van der Waals surface area (Å²) in [5.74, 6) is 0. The average Bonchev–Trinajstić information content (AvgIpc) is 2.46. The molecule has 1 heterocycles. The third-order valence-electron chi connectivity index (χ3n) is 2.31. The summed E-state index contributed by atoms with van der Waals surface area (Å²) in [5, 5.41) is 3.40. The Bertz CT molecular complexity index is 303. The summed E-state index contributed by atoms with van der Waals surface area (Å²) in [6.45, 7) is 8.05. The molecule has 0 aliphatic carbocycles. The molecule has 0 amide bonds. The molecule has 2 nitrogen and oxygen atoms in total. The number of hydrogen-bond donors (Lipinski definition) is 1. The van der Waals surface area contributed by atoms with E-state index in [4.69, 9.17) is 4.74 Å². The summed E-state index contributed by atoms with van der Waals surface area (Å²) in [6, 6.07) is 2.17. The van der Waals surface area contributed by atoms with Gasteiger partial charge in [-0.05, 0) is 42.8 Å². The van der Waals surface area contributed by atoms with Crippen molar-refractivity contribution in [1.82, 2.24) is 5.32 Å². The maximum Gasteiger partial charge on any atom is 0.0746 e. The van der Waals surface area contributed by atoms with E-state index in [-0.39, 0.29) is 5.60 Å². The van der Waals surface area contributed by atoms with Crippen LogP contribution in [0.1, 0.15) is 23.6 Å². The highest BCUT2D eigenvalue weighted by Crippen LogP contribution is 2.26. The van der Waals surface area contributed by atoms with E-state index in [0.717, 1.165) is 13.1 Å². The second-order valence-corrected chi connectivity index (χ2v) is 6.38. The average molecular weight is 292 g/mol. The molecular weight excluding hydrogens is 274 g/mol. The highest BCUT2D eigenvalue weighted by atomic mass is 79.9. The molecule has 1 aromatic heterocycles. The van der Waals surface area contributed by atoms with Crippen LogP contribution in [0, 0.1) is 6.92 Å². The summed E-state index contributed by atoms with van der Waals surface area (Å²) in [5.41, 5.74) is -0.0937. The first-order chi connectivity index (χ1) is 6.94. The molecule has 4 heteroatoms. The normalized spacial score (nSPS) is 12.1. The van der Waals surface area contributed by atoms with Gasteiger partial charge in [-0.3, -0.25) is 0 Å². The lowest BCUT2D eigenvalue weighted by molar-refractivity contribution is 0.0231. The zero-order chi connectivity index (χ0) is 11.5. The lowest BCUT2D eigenvalue weighted by atomic mass is 10.1. The Hall–Kier alpha value is 0.1000. The first-order valence-corrected chi connectivity index (χ1v) is 6.56. The van der Waals surface area contributed by atoms with Crippen molar-refractivity contribution in [3.05, 3.63) is 20.3 Å². The van der Waals surface area contributed by atoms with Gasteiger partial charge in [-0.2, -0.15) is 0 Å². The van der Waals surface area contributed by atoms with Crippen molar-refractivity contribution in [1.29, 1.82) is 0 Å². The summed E-state index contributed by atoms with van der Waals surface area (Å²) in [4.78, 5) is 2.68. The summed E-state index contributed by atoms with van der Waals surface area (Å²) in [7, 11) is 1.74. The van der Waals surface area contributed by atoms with E-state index in [0.29, 0.717) is 0 Å². The van der Waals surface area contributed by atoms with Crippen LogP contribution in [0.5, 0.6) is 0 Å². The smallest absolute Gasteiger partial charge is 0.0746 e. The number of halogens is 1. The monoisotopic (exact) mass is 291 g/mol. The van der Waals surface area contributed by atoms with Gasteiger partial charge in [0.25, 0.3) is 0 Å². The SMILES string of the molecule is COC(C)(C)CNCc1cc(Br)c(C)s1. The largest absolute Gasteiger partial charge is 0.377 e. The zero-order valence-electron chi connectivity index (χ0n) is 9.69. The molecule has 0 spiro atoms. The number of methoxy groups -OCH3 is 1. The number of aryl methyl sites for hydroxylation is 1. The lowest BCUT2D eigenvalue weighted by Crippen LogP contribution is -2.36. The van der Waals surface area contributed by atoms with Crippen molar-refractivity contribution >= 4 is 27.3 Å². The van der Waals surface area contributed by atoms with Gasteiger partial charge in [0.15, 0.2) is 0 Å². The molecule has 1 aromatic rings. The van der Waals surface area contributed by atoms with Gasteiger partial charge < -0.3 is 10.1 Å². The standard InChI is InChI=1S/C11H18BrNOS/c1-8-10(12)5-9(15-8)6-13-7-11(2,3)14-4/h5,13H,6-7H2,1-4H3. The first-order valence-electron chi connectivity index (χ1n) is 4.95. The van der Waals surface area contributed by atoms with E-state index in [1.165, 1.54) is 14.2 Å². The minimum absolute atomic E-state index is 0.0937. The number of rotatable bonds is 5. The third-order valence-corrected chi connectivity index (χ3v) is 4.45. The molecule has 0 fully saturated rings.